The van der Waals surface area contributed by atoms with E-state index in [-0.39, 0.29) is 18.3 Å². The molecule has 1 aliphatic rings. The second-order valence-electron chi connectivity index (χ2n) is 7.31. The van der Waals surface area contributed by atoms with Crippen molar-refractivity contribution in [2.45, 2.75) is 97.1 Å². The maximum atomic E-state index is 11.3. The van der Waals surface area contributed by atoms with Crippen LogP contribution in [0, 0.1) is 5.92 Å². The Balaban J connectivity index is 2.80. The molecule has 0 aromatic carbocycles. The van der Waals surface area contributed by atoms with Crippen molar-refractivity contribution in [2.75, 3.05) is 19.8 Å². The van der Waals surface area contributed by atoms with Crippen LogP contribution in [0.1, 0.15) is 73.1 Å². The van der Waals surface area contributed by atoms with Crippen LogP contribution in [0.5, 0.6) is 0 Å². The molecule has 23 heavy (non-hydrogen) atoms. The van der Waals surface area contributed by atoms with E-state index in [0.717, 1.165) is 32.1 Å². The van der Waals surface area contributed by atoms with E-state index in [1.807, 2.05) is 6.92 Å². The summed E-state index contributed by atoms with van der Waals surface area (Å²) in [5.74, 6) is 0.545. The minimum Gasteiger partial charge on any atom is -0.384 e. The van der Waals surface area contributed by atoms with E-state index in [0.29, 0.717) is 32.2 Å². The topological polar surface area (TPSA) is 47.9 Å². The normalized spacial score (nSPS) is 31.7. The molecule has 1 saturated heterocycles. The summed E-state index contributed by atoms with van der Waals surface area (Å²) in [4.78, 5) is 0. The van der Waals surface area contributed by atoms with Gasteiger partial charge in [-0.2, -0.15) is 0 Å². The van der Waals surface area contributed by atoms with E-state index < -0.39 is 5.60 Å². The Bertz CT molecular complexity index is 308. The fourth-order valence-corrected chi connectivity index (χ4v) is 3.01. The van der Waals surface area contributed by atoms with Crippen LogP contribution in [0.2, 0.25) is 0 Å². The highest BCUT2D eigenvalue weighted by Gasteiger charge is 2.51. The lowest BCUT2D eigenvalue weighted by Gasteiger charge is -2.48. The van der Waals surface area contributed by atoms with Crippen molar-refractivity contribution in [1.82, 2.24) is 0 Å². The van der Waals surface area contributed by atoms with Crippen molar-refractivity contribution in [3.8, 4) is 0 Å². The first-order valence-corrected chi connectivity index (χ1v) is 9.52. The minimum atomic E-state index is -0.965. The number of ether oxygens (including phenoxy) is 3. The summed E-state index contributed by atoms with van der Waals surface area (Å²) in [6, 6.07) is 0. The molecule has 4 atom stereocenters. The second-order valence-corrected chi connectivity index (χ2v) is 7.31. The summed E-state index contributed by atoms with van der Waals surface area (Å²) in [6.07, 6.45) is 5.17. The fraction of sp³-hybridized carbons (Fsp3) is 1.00. The Morgan fingerprint density at radius 3 is 2.30 bits per heavy atom. The van der Waals surface area contributed by atoms with Gasteiger partial charge in [0.15, 0.2) is 0 Å². The van der Waals surface area contributed by atoms with Gasteiger partial charge in [-0.3, -0.25) is 0 Å². The first-order valence-electron chi connectivity index (χ1n) is 9.52. The Labute approximate surface area is 142 Å². The molecule has 4 nitrogen and oxygen atoms in total. The molecule has 1 N–H and O–H groups in total. The van der Waals surface area contributed by atoms with Crippen LogP contribution in [-0.4, -0.2) is 48.8 Å². The third-order valence-corrected chi connectivity index (χ3v) is 4.79. The van der Waals surface area contributed by atoms with Gasteiger partial charge in [0.2, 0.25) is 0 Å². The molecule has 1 rings (SSSR count). The molecule has 138 valence electrons. The lowest BCUT2D eigenvalue weighted by Crippen LogP contribution is -2.63. The summed E-state index contributed by atoms with van der Waals surface area (Å²) in [7, 11) is 0. The smallest absolute Gasteiger partial charge is 0.119 e. The van der Waals surface area contributed by atoms with Crippen LogP contribution in [0.4, 0.5) is 0 Å². The third kappa shape index (κ3) is 6.33. The molecule has 0 aromatic rings. The van der Waals surface area contributed by atoms with E-state index in [1.165, 1.54) is 0 Å². The Morgan fingerprint density at radius 2 is 1.74 bits per heavy atom. The quantitative estimate of drug-likeness (QED) is 0.583. The van der Waals surface area contributed by atoms with Crippen molar-refractivity contribution >= 4 is 0 Å². The molecule has 4 heteroatoms. The zero-order chi connectivity index (χ0) is 17.3. The molecule has 0 spiro atoms. The first kappa shape index (κ1) is 20.9. The molecular weight excluding hydrogens is 292 g/mol. The average molecular weight is 331 g/mol. The lowest BCUT2D eigenvalue weighted by molar-refractivity contribution is -0.263. The van der Waals surface area contributed by atoms with Crippen molar-refractivity contribution in [3.05, 3.63) is 0 Å². The van der Waals surface area contributed by atoms with Gasteiger partial charge in [0.1, 0.15) is 17.8 Å². The number of hydrogen-bond acceptors (Lipinski definition) is 4. The van der Waals surface area contributed by atoms with E-state index in [9.17, 15) is 5.11 Å². The molecule has 0 aromatic heterocycles. The number of unbranched alkanes of at least 4 members (excludes halogenated alkanes) is 2. The van der Waals surface area contributed by atoms with E-state index in [4.69, 9.17) is 14.2 Å². The third-order valence-electron chi connectivity index (χ3n) is 4.79. The summed E-state index contributed by atoms with van der Waals surface area (Å²) < 4.78 is 18.0. The lowest BCUT2D eigenvalue weighted by atomic mass is 9.80. The Kier molecular flexibility index (Phi) is 9.67. The molecule has 0 amide bonds. The van der Waals surface area contributed by atoms with Crippen LogP contribution in [0.25, 0.3) is 0 Å². The van der Waals surface area contributed by atoms with Gasteiger partial charge in [-0.1, -0.05) is 40.5 Å². The van der Waals surface area contributed by atoms with E-state index >= 15 is 0 Å². The number of aliphatic hydroxyl groups is 1. The molecule has 0 saturated carbocycles. The molecule has 1 heterocycles. The van der Waals surface area contributed by atoms with Crippen molar-refractivity contribution < 1.29 is 19.3 Å². The zero-order valence-corrected chi connectivity index (χ0v) is 15.8. The molecule has 0 aliphatic carbocycles. The molecule has 1 fully saturated rings. The summed E-state index contributed by atoms with van der Waals surface area (Å²) in [5, 5.41) is 11.3. The molecule has 0 radical (unpaired) electrons. The largest absolute Gasteiger partial charge is 0.384 e. The van der Waals surface area contributed by atoms with Gasteiger partial charge in [0.25, 0.3) is 0 Å². The van der Waals surface area contributed by atoms with Gasteiger partial charge in [0.05, 0.1) is 12.7 Å². The van der Waals surface area contributed by atoms with Crippen LogP contribution in [-0.2, 0) is 14.2 Å². The summed E-state index contributed by atoms with van der Waals surface area (Å²) in [6.45, 7) is 12.5. The van der Waals surface area contributed by atoms with Gasteiger partial charge in [-0.05, 0) is 38.5 Å². The Hall–Kier alpha value is -0.160. The van der Waals surface area contributed by atoms with Gasteiger partial charge in [-0.15, -0.1) is 0 Å². The number of hydrogen-bond donors (Lipinski definition) is 1. The predicted molar refractivity (Wildman–Crippen MR) is 93.7 cm³/mol. The molecule has 1 aliphatic heterocycles. The van der Waals surface area contributed by atoms with Gasteiger partial charge in [0, 0.05) is 13.2 Å². The van der Waals surface area contributed by atoms with Crippen molar-refractivity contribution in [2.24, 2.45) is 5.92 Å². The Morgan fingerprint density at radius 1 is 1.13 bits per heavy atom. The monoisotopic (exact) mass is 330 g/mol. The summed E-state index contributed by atoms with van der Waals surface area (Å²) >= 11 is 0. The fourth-order valence-electron chi connectivity index (χ4n) is 3.01. The minimum absolute atomic E-state index is 0.174. The SMILES string of the molecule is CCCCOC1COC(C)[C@](O)(CCC(C)C)C1OCCCC. The molecule has 0 bridgehead atoms. The highest BCUT2D eigenvalue weighted by Crippen LogP contribution is 2.35. The highest BCUT2D eigenvalue weighted by atomic mass is 16.6. The van der Waals surface area contributed by atoms with Gasteiger partial charge in [-0.25, -0.2) is 0 Å². The van der Waals surface area contributed by atoms with Crippen molar-refractivity contribution in [1.29, 1.82) is 0 Å². The van der Waals surface area contributed by atoms with Gasteiger partial charge < -0.3 is 19.3 Å². The summed E-state index contributed by atoms with van der Waals surface area (Å²) in [5.41, 5.74) is -0.965. The van der Waals surface area contributed by atoms with Gasteiger partial charge >= 0.3 is 0 Å². The van der Waals surface area contributed by atoms with Crippen LogP contribution >= 0.6 is 0 Å². The highest BCUT2D eigenvalue weighted by molar-refractivity contribution is 5.00. The molecular formula is C19H38O4. The first-order chi connectivity index (χ1) is 11.0. The van der Waals surface area contributed by atoms with E-state index in [2.05, 4.69) is 27.7 Å². The standard InChI is InChI=1S/C19H38O4/c1-6-8-12-21-17-14-23-16(5)19(20,11-10-15(3)4)18(17)22-13-9-7-2/h15-18,20H,6-14H2,1-5H3/t16?,17?,18?,19-/m1/s1. The number of rotatable bonds is 11. The average Bonchev–Trinajstić information content (AvgIpc) is 2.52. The second kappa shape index (κ2) is 10.7. The van der Waals surface area contributed by atoms with Crippen LogP contribution in [0.15, 0.2) is 0 Å². The predicted octanol–water partition coefficient (Wildman–Crippen LogP) is 3.94. The molecule has 3 unspecified atom stereocenters. The van der Waals surface area contributed by atoms with E-state index in [1.54, 1.807) is 0 Å². The maximum Gasteiger partial charge on any atom is 0.119 e. The van der Waals surface area contributed by atoms with Crippen molar-refractivity contribution in [3.63, 3.8) is 0 Å². The zero-order valence-electron chi connectivity index (χ0n) is 15.8. The maximum absolute atomic E-state index is 11.3. The van der Waals surface area contributed by atoms with Crippen LogP contribution in [0.3, 0.4) is 0 Å². The van der Waals surface area contributed by atoms with Crippen LogP contribution < -0.4 is 0 Å².